The van der Waals surface area contributed by atoms with Crippen LogP contribution >= 0.6 is 11.6 Å². The Bertz CT molecular complexity index is 612. The molecule has 0 heterocycles. The third kappa shape index (κ3) is 2.97. The lowest BCUT2D eigenvalue weighted by Gasteiger charge is -2.22. The summed E-state index contributed by atoms with van der Waals surface area (Å²) in [6, 6.07) is 14.1. The van der Waals surface area contributed by atoms with Crippen molar-refractivity contribution in [2.45, 2.75) is 31.9 Å². The van der Waals surface area contributed by atoms with Gasteiger partial charge in [-0.15, -0.1) is 0 Å². The quantitative estimate of drug-likeness (QED) is 0.916. The number of fused-ring (bicyclic) bond motifs is 1. The Morgan fingerprint density at radius 2 is 2.10 bits per heavy atom. The Morgan fingerprint density at radius 3 is 2.95 bits per heavy atom. The summed E-state index contributed by atoms with van der Waals surface area (Å²) in [6.45, 7) is 0.522. The summed E-state index contributed by atoms with van der Waals surface area (Å²) in [4.78, 5) is 0. The Morgan fingerprint density at radius 1 is 1.20 bits per heavy atom. The van der Waals surface area contributed by atoms with Gasteiger partial charge in [0.15, 0.2) is 0 Å². The molecule has 0 aromatic heterocycles. The Balaban J connectivity index is 1.73. The smallest absolute Gasteiger partial charge is 0.120 e. The van der Waals surface area contributed by atoms with Gasteiger partial charge in [0.05, 0.1) is 0 Å². The summed E-state index contributed by atoms with van der Waals surface area (Å²) in [5.74, 6) is 0.876. The molecule has 2 aromatic rings. The number of hydrogen-bond donors (Lipinski definition) is 1. The molecule has 2 aromatic carbocycles. The van der Waals surface area contributed by atoms with E-state index in [2.05, 4.69) is 12.1 Å². The second-order valence-electron chi connectivity index (χ2n) is 5.28. The number of nitrogens with two attached hydrogens (primary N) is 1. The predicted molar refractivity (Wildman–Crippen MR) is 82.1 cm³/mol. The van der Waals surface area contributed by atoms with Crippen molar-refractivity contribution in [2.24, 2.45) is 5.73 Å². The van der Waals surface area contributed by atoms with E-state index in [1.54, 1.807) is 0 Å². The van der Waals surface area contributed by atoms with Crippen molar-refractivity contribution >= 4 is 11.6 Å². The van der Waals surface area contributed by atoms with E-state index in [-0.39, 0.29) is 6.04 Å². The van der Waals surface area contributed by atoms with Crippen molar-refractivity contribution in [3.63, 3.8) is 0 Å². The fraction of sp³-hybridized carbons (Fsp3) is 0.294. The first-order chi connectivity index (χ1) is 9.72. The topological polar surface area (TPSA) is 35.2 Å². The number of halogens is 1. The first-order valence-electron chi connectivity index (χ1n) is 6.98. The highest BCUT2D eigenvalue weighted by molar-refractivity contribution is 6.30. The van der Waals surface area contributed by atoms with Crippen LogP contribution in [0, 0.1) is 0 Å². The first-order valence-corrected chi connectivity index (χ1v) is 7.36. The molecule has 0 amide bonds. The largest absolute Gasteiger partial charge is 0.489 e. The maximum absolute atomic E-state index is 6.17. The van der Waals surface area contributed by atoms with Crippen LogP contribution in [0.4, 0.5) is 0 Å². The Hall–Kier alpha value is -1.51. The molecule has 0 aliphatic heterocycles. The molecule has 2 nitrogen and oxygen atoms in total. The third-order valence-corrected chi connectivity index (χ3v) is 4.01. The number of benzene rings is 2. The number of hydrogen-bond acceptors (Lipinski definition) is 2. The third-order valence-electron chi connectivity index (χ3n) is 3.77. The molecule has 0 radical (unpaired) electrons. The first kappa shape index (κ1) is 13.5. The lowest BCUT2D eigenvalue weighted by Crippen LogP contribution is -2.17. The molecule has 0 fully saturated rings. The van der Waals surface area contributed by atoms with Crippen molar-refractivity contribution < 1.29 is 4.74 Å². The van der Waals surface area contributed by atoms with Gasteiger partial charge >= 0.3 is 0 Å². The Kier molecular flexibility index (Phi) is 3.95. The zero-order valence-electron chi connectivity index (χ0n) is 11.3. The summed E-state index contributed by atoms with van der Waals surface area (Å²) >= 11 is 5.97. The molecule has 1 aliphatic carbocycles. The van der Waals surface area contributed by atoms with Crippen molar-refractivity contribution in [3.05, 3.63) is 64.2 Å². The van der Waals surface area contributed by atoms with Gasteiger partial charge in [0, 0.05) is 11.1 Å². The fourth-order valence-corrected chi connectivity index (χ4v) is 2.91. The highest BCUT2D eigenvalue weighted by Crippen LogP contribution is 2.31. The molecule has 0 bridgehead atoms. The van der Waals surface area contributed by atoms with Crippen LogP contribution in [-0.2, 0) is 13.0 Å². The molecular weight excluding hydrogens is 270 g/mol. The van der Waals surface area contributed by atoms with Crippen molar-refractivity contribution in [2.75, 3.05) is 0 Å². The van der Waals surface area contributed by atoms with Crippen molar-refractivity contribution in [1.82, 2.24) is 0 Å². The minimum Gasteiger partial charge on any atom is -0.489 e. The molecule has 3 heteroatoms. The van der Waals surface area contributed by atoms with Gasteiger partial charge in [-0.05, 0) is 60.2 Å². The Labute approximate surface area is 124 Å². The van der Waals surface area contributed by atoms with Crippen LogP contribution < -0.4 is 10.5 Å². The van der Waals surface area contributed by atoms with Crippen molar-refractivity contribution in [3.8, 4) is 5.75 Å². The number of aryl methyl sites for hydroxylation is 1. The number of ether oxygens (including phenoxy) is 1. The van der Waals surface area contributed by atoms with Crippen LogP contribution in [0.25, 0.3) is 0 Å². The molecule has 1 aliphatic rings. The van der Waals surface area contributed by atoms with E-state index in [4.69, 9.17) is 22.1 Å². The highest BCUT2D eigenvalue weighted by Gasteiger charge is 2.17. The van der Waals surface area contributed by atoms with E-state index in [1.165, 1.54) is 17.5 Å². The predicted octanol–water partition coefficient (Wildman–Crippen LogP) is 4.26. The van der Waals surface area contributed by atoms with Crippen LogP contribution in [0.2, 0.25) is 5.02 Å². The van der Waals surface area contributed by atoms with E-state index < -0.39 is 0 Å². The van der Waals surface area contributed by atoms with Crippen LogP contribution in [0.5, 0.6) is 5.75 Å². The summed E-state index contributed by atoms with van der Waals surface area (Å²) in [5.41, 5.74) is 9.83. The van der Waals surface area contributed by atoms with E-state index >= 15 is 0 Å². The highest BCUT2D eigenvalue weighted by atomic mass is 35.5. The van der Waals surface area contributed by atoms with Crippen molar-refractivity contribution in [1.29, 1.82) is 0 Å². The van der Waals surface area contributed by atoms with Gasteiger partial charge in [0.2, 0.25) is 0 Å². The fourth-order valence-electron chi connectivity index (χ4n) is 2.70. The summed E-state index contributed by atoms with van der Waals surface area (Å²) in [5, 5.41) is 0.735. The van der Waals surface area contributed by atoms with Gasteiger partial charge in [-0.1, -0.05) is 29.8 Å². The van der Waals surface area contributed by atoms with E-state index in [0.717, 1.165) is 29.2 Å². The monoisotopic (exact) mass is 287 g/mol. The molecule has 0 spiro atoms. The molecule has 0 unspecified atom stereocenters. The zero-order chi connectivity index (χ0) is 13.9. The van der Waals surface area contributed by atoms with E-state index in [0.29, 0.717) is 6.61 Å². The molecule has 1 atom stereocenters. The average Bonchev–Trinajstić information content (AvgIpc) is 2.46. The minimum atomic E-state index is 0.147. The second-order valence-corrected chi connectivity index (χ2v) is 5.71. The van der Waals surface area contributed by atoms with E-state index in [1.807, 2.05) is 30.3 Å². The van der Waals surface area contributed by atoms with Gasteiger partial charge in [0.25, 0.3) is 0 Å². The lowest BCUT2D eigenvalue weighted by molar-refractivity contribution is 0.305. The maximum atomic E-state index is 6.17. The van der Waals surface area contributed by atoms with Crippen LogP contribution in [0.15, 0.2) is 42.5 Å². The SMILES string of the molecule is N[C@H]1CCCc2ccc(OCc3cccc(Cl)c3)cc21. The van der Waals surface area contributed by atoms with Gasteiger partial charge in [-0.3, -0.25) is 0 Å². The van der Waals surface area contributed by atoms with Crippen LogP contribution in [-0.4, -0.2) is 0 Å². The summed E-state index contributed by atoms with van der Waals surface area (Å²) in [7, 11) is 0. The molecule has 0 saturated carbocycles. The molecule has 3 rings (SSSR count). The zero-order valence-corrected chi connectivity index (χ0v) is 12.1. The lowest BCUT2D eigenvalue weighted by atomic mass is 9.88. The van der Waals surface area contributed by atoms with Crippen LogP contribution in [0.3, 0.4) is 0 Å². The van der Waals surface area contributed by atoms with Gasteiger partial charge < -0.3 is 10.5 Å². The second kappa shape index (κ2) is 5.86. The van der Waals surface area contributed by atoms with Gasteiger partial charge in [-0.25, -0.2) is 0 Å². The summed E-state index contributed by atoms with van der Waals surface area (Å²) < 4.78 is 5.85. The van der Waals surface area contributed by atoms with E-state index in [9.17, 15) is 0 Å². The molecular formula is C17H18ClNO. The number of rotatable bonds is 3. The molecule has 2 N–H and O–H groups in total. The molecule has 104 valence electrons. The average molecular weight is 288 g/mol. The molecule has 20 heavy (non-hydrogen) atoms. The normalized spacial score (nSPS) is 17.6. The van der Waals surface area contributed by atoms with Crippen LogP contribution in [0.1, 0.15) is 35.6 Å². The van der Waals surface area contributed by atoms with Gasteiger partial charge in [-0.2, -0.15) is 0 Å². The maximum Gasteiger partial charge on any atom is 0.120 e. The minimum absolute atomic E-state index is 0.147. The standard InChI is InChI=1S/C17H18ClNO/c18-14-5-1-3-12(9-14)11-20-15-8-7-13-4-2-6-17(19)16(13)10-15/h1,3,5,7-10,17H,2,4,6,11,19H2/t17-/m0/s1. The summed E-state index contributed by atoms with van der Waals surface area (Å²) in [6.07, 6.45) is 3.36. The van der Waals surface area contributed by atoms with Gasteiger partial charge in [0.1, 0.15) is 12.4 Å². The molecule has 0 saturated heterocycles.